The van der Waals surface area contributed by atoms with Gasteiger partial charge in [0.25, 0.3) is 0 Å². The lowest BCUT2D eigenvalue weighted by atomic mass is 9.86. The third-order valence-corrected chi connectivity index (χ3v) is 4.09. The van der Waals surface area contributed by atoms with Crippen LogP contribution in [-0.4, -0.2) is 16.0 Å². The van der Waals surface area contributed by atoms with Gasteiger partial charge in [-0.2, -0.15) is 0 Å². The highest BCUT2D eigenvalue weighted by Gasteiger charge is 2.21. The average Bonchev–Trinajstić information content (AvgIpc) is 2.42. The molecular weight excluding hydrogens is 236 g/mol. The van der Waals surface area contributed by atoms with Crippen LogP contribution in [0.1, 0.15) is 32.6 Å². The summed E-state index contributed by atoms with van der Waals surface area (Å²) in [6.07, 6.45) is 6.77. The second kappa shape index (κ2) is 5.03. The Morgan fingerprint density at radius 2 is 2.05 bits per heavy atom. The molecule has 2 atom stereocenters. The number of nitrogens with one attached hydrogen (secondary N) is 1. The van der Waals surface area contributed by atoms with Crippen LogP contribution in [0, 0.1) is 5.92 Å². The molecular formula is C15H20N4. The van der Waals surface area contributed by atoms with E-state index >= 15 is 0 Å². The van der Waals surface area contributed by atoms with Crippen molar-refractivity contribution in [1.29, 1.82) is 0 Å². The highest BCUT2D eigenvalue weighted by molar-refractivity contribution is 5.91. The first-order valence-electron chi connectivity index (χ1n) is 7.01. The Kier molecular flexibility index (Phi) is 3.23. The van der Waals surface area contributed by atoms with E-state index in [4.69, 9.17) is 5.73 Å². The van der Waals surface area contributed by atoms with Crippen molar-refractivity contribution in [3.05, 3.63) is 24.5 Å². The van der Waals surface area contributed by atoms with Crippen LogP contribution in [0.3, 0.4) is 0 Å². The molecule has 100 valence electrons. The molecule has 1 aliphatic rings. The van der Waals surface area contributed by atoms with Crippen LogP contribution in [-0.2, 0) is 0 Å². The number of benzene rings is 1. The minimum Gasteiger partial charge on any atom is -0.399 e. The first kappa shape index (κ1) is 12.2. The maximum Gasteiger partial charge on any atom is 0.137 e. The van der Waals surface area contributed by atoms with Gasteiger partial charge in [-0.15, -0.1) is 0 Å². The predicted octanol–water partition coefficient (Wildman–Crippen LogP) is 3.20. The lowest BCUT2D eigenvalue weighted by Gasteiger charge is -2.30. The lowest BCUT2D eigenvalue weighted by molar-refractivity contribution is 0.349. The summed E-state index contributed by atoms with van der Waals surface area (Å²) in [5, 5.41) is 4.61. The van der Waals surface area contributed by atoms with Crippen LogP contribution in [0.5, 0.6) is 0 Å². The van der Waals surface area contributed by atoms with Gasteiger partial charge in [0, 0.05) is 17.1 Å². The molecule has 0 saturated heterocycles. The van der Waals surface area contributed by atoms with Crippen molar-refractivity contribution in [3.8, 4) is 0 Å². The van der Waals surface area contributed by atoms with E-state index in [1.807, 2.05) is 18.2 Å². The van der Waals surface area contributed by atoms with Crippen LogP contribution in [0.25, 0.3) is 10.9 Å². The molecule has 0 amide bonds. The minimum absolute atomic E-state index is 0.508. The normalized spacial score (nSPS) is 23.4. The Bertz CT molecular complexity index is 581. The van der Waals surface area contributed by atoms with Crippen LogP contribution < -0.4 is 11.1 Å². The van der Waals surface area contributed by atoms with Gasteiger partial charge >= 0.3 is 0 Å². The van der Waals surface area contributed by atoms with Crippen LogP contribution in [0.2, 0.25) is 0 Å². The second-order valence-corrected chi connectivity index (χ2v) is 5.51. The van der Waals surface area contributed by atoms with Gasteiger partial charge in [0.1, 0.15) is 12.1 Å². The largest absolute Gasteiger partial charge is 0.399 e. The SMILES string of the molecule is CC1CCCCC1Nc1ncnc2ccc(N)cc12. The van der Waals surface area contributed by atoms with E-state index in [-0.39, 0.29) is 0 Å². The molecule has 2 aromatic rings. The van der Waals surface area contributed by atoms with Gasteiger partial charge in [-0.05, 0) is 37.0 Å². The minimum atomic E-state index is 0.508. The Balaban J connectivity index is 1.93. The highest BCUT2D eigenvalue weighted by Crippen LogP contribution is 2.29. The number of fused-ring (bicyclic) bond motifs is 1. The van der Waals surface area contributed by atoms with Crippen molar-refractivity contribution in [2.75, 3.05) is 11.1 Å². The zero-order valence-corrected chi connectivity index (χ0v) is 11.3. The number of nitrogen functional groups attached to an aromatic ring is 1. The van der Waals surface area contributed by atoms with Gasteiger partial charge in [0.15, 0.2) is 0 Å². The van der Waals surface area contributed by atoms with E-state index in [0.29, 0.717) is 12.0 Å². The van der Waals surface area contributed by atoms with Crippen molar-refractivity contribution in [3.63, 3.8) is 0 Å². The molecule has 3 rings (SSSR count). The fourth-order valence-corrected chi connectivity index (χ4v) is 2.90. The fraction of sp³-hybridized carbons (Fsp3) is 0.467. The summed E-state index contributed by atoms with van der Waals surface area (Å²) in [5.74, 6) is 1.61. The van der Waals surface area contributed by atoms with Gasteiger partial charge in [0.2, 0.25) is 0 Å². The number of rotatable bonds is 2. The molecule has 1 aliphatic carbocycles. The second-order valence-electron chi connectivity index (χ2n) is 5.51. The summed E-state index contributed by atoms with van der Waals surface area (Å²) < 4.78 is 0. The number of anilines is 2. The lowest BCUT2D eigenvalue weighted by Crippen LogP contribution is -2.30. The zero-order valence-electron chi connectivity index (χ0n) is 11.3. The van der Waals surface area contributed by atoms with E-state index < -0.39 is 0 Å². The van der Waals surface area contributed by atoms with Crippen molar-refractivity contribution in [1.82, 2.24) is 9.97 Å². The number of hydrogen-bond acceptors (Lipinski definition) is 4. The Morgan fingerprint density at radius 1 is 1.21 bits per heavy atom. The molecule has 3 N–H and O–H groups in total. The Morgan fingerprint density at radius 3 is 2.89 bits per heavy atom. The zero-order chi connectivity index (χ0) is 13.2. The number of hydrogen-bond donors (Lipinski definition) is 2. The maximum atomic E-state index is 5.87. The molecule has 0 spiro atoms. The molecule has 1 saturated carbocycles. The smallest absolute Gasteiger partial charge is 0.137 e. The highest BCUT2D eigenvalue weighted by atomic mass is 15.0. The molecule has 0 radical (unpaired) electrons. The van der Waals surface area contributed by atoms with Crippen molar-refractivity contribution >= 4 is 22.4 Å². The molecule has 1 heterocycles. The molecule has 1 aromatic carbocycles. The van der Waals surface area contributed by atoms with E-state index in [0.717, 1.165) is 22.4 Å². The molecule has 4 nitrogen and oxygen atoms in total. The number of nitrogens with two attached hydrogens (primary N) is 1. The van der Waals surface area contributed by atoms with Gasteiger partial charge in [-0.25, -0.2) is 9.97 Å². The molecule has 1 aromatic heterocycles. The van der Waals surface area contributed by atoms with E-state index in [1.54, 1.807) is 6.33 Å². The van der Waals surface area contributed by atoms with E-state index in [1.165, 1.54) is 25.7 Å². The quantitative estimate of drug-likeness (QED) is 0.810. The predicted molar refractivity (Wildman–Crippen MR) is 79.0 cm³/mol. The van der Waals surface area contributed by atoms with Gasteiger partial charge in [-0.3, -0.25) is 0 Å². The van der Waals surface area contributed by atoms with Gasteiger partial charge < -0.3 is 11.1 Å². The summed E-state index contributed by atoms with van der Waals surface area (Å²) in [4.78, 5) is 8.69. The molecule has 4 heteroatoms. The standard InChI is InChI=1S/C15H20N4/c1-10-4-2-3-5-13(10)19-15-12-8-11(16)6-7-14(12)17-9-18-15/h6-10,13H,2-5,16H2,1H3,(H,17,18,19). The fourth-order valence-electron chi connectivity index (χ4n) is 2.90. The monoisotopic (exact) mass is 256 g/mol. The van der Waals surface area contributed by atoms with Gasteiger partial charge in [-0.1, -0.05) is 19.8 Å². The molecule has 1 fully saturated rings. The van der Waals surface area contributed by atoms with Crippen LogP contribution >= 0.6 is 0 Å². The van der Waals surface area contributed by atoms with Gasteiger partial charge in [0.05, 0.1) is 5.52 Å². The third-order valence-electron chi connectivity index (χ3n) is 4.09. The van der Waals surface area contributed by atoms with Crippen molar-refractivity contribution in [2.24, 2.45) is 5.92 Å². The maximum absolute atomic E-state index is 5.87. The summed E-state index contributed by atoms with van der Waals surface area (Å²) >= 11 is 0. The van der Waals surface area contributed by atoms with E-state index in [2.05, 4.69) is 22.2 Å². The van der Waals surface area contributed by atoms with Crippen LogP contribution in [0.4, 0.5) is 11.5 Å². The number of nitrogens with zero attached hydrogens (tertiary/aromatic N) is 2. The van der Waals surface area contributed by atoms with E-state index in [9.17, 15) is 0 Å². The summed E-state index contributed by atoms with van der Waals surface area (Å²) in [6.45, 7) is 2.31. The molecule has 0 bridgehead atoms. The molecule has 0 aliphatic heterocycles. The molecule has 19 heavy (non-hydrogen) atoms. The third kappa shape index (κ3) is 2.48. The summed E-state index contributed by atoms with van der Waals surface area (Å²) in [5.41, 5.74) is 7.56. The number of aromatic nitrogens is 2. The first-order valence-corrected chi connectivity index (χ1v) is 7.01. The Hall–Kier alpha value is -1.84. The first-order chi connectivity index (χ1) is 9.24. The topological polar surface area (TPSA) is 63.8 Å². The molecule has 2 unspecified atom stereocenters. The van der Waals surface area contributed by atoms with Crippen LogP contribution in [0.15, 0.2) is 24.5 Å². The van der Waals surface area contributed by atoms with Crippen molar-refractivity contribution < 1.29 is 0 Å². The summed E-state index contributed by atoms with van der Waals surface area (Å²) in [7, 11) is 0. The summed E-state index contributed by atoms with van der Waals surface area (Å²) in [6, 6.07) is 6.28. The average molecular weight is 256 g/mol. The van der Waals surface area contributed by atoms with Crippen molar-refractivity contribution in [2.45, 2.75) is 38.6 Å². The Labute approximate surface area is 113 Å².